The molecule has 2 fully saturated rings. The molecule has 76 valence electrons. The largest absolute Gasteiger partial charge is 0.303 e. The van der Waals surface area contributed by atoms with Crippen LogP contribution >= 0.6 is 0 Å². The van der Waals surface area contributed by atoms with Gasteiger partial charge in [-0.05, 0) is 32.2 Å². The van der Waals surface area contributed by atoms with E-state index in [-0.39, 0.29) is 0 Å². The second-order valence-electron chi connectivity index (χ2n) is 5.18. The van der Waals surface area contributed by atoms with Gasteiger partial charge in [-0.1, -0.05) is 32.1 Å². The van der Waals surface area contributed by atoms with Crippen molar-refractivity contribution in [2.24, 2.45) is 11.8 Å². The first-order chi connectivity index (χ1) is 6.27. The maximum absolute atomic E-state index is 2.54. The van der Waals surface area contributed by atoms with Gasteiger partial charge in [0, 0.05) is 12.6 Å². The van der Waals surface area contributed by atoms with Crippen LogP contribution in [0.3, 0.4) is 0 Å². The average Bonchev–Trinajstić information content (AvgIpc) is 2.49. The van der Waals surface area contributed by atoms with E-state index in [0.717, 1.165) is 17.9 Å². The second-order valence-corrected chi connectivity index (χ2v) is 5.18. The standard InChI is InChI=1S/C12H23N/c1-10-8-12(9-13(10)2)11-6-4-3-5-7-11/h10-12H,3-9H2,1-2H3. The summed E-state index contributed by atoms with van der Waals surface area (Å²) in [5, 5.41) is 0. The molecule has 0 N–H and O–H groups in total. The SMILES string of the molecule is CC1CC(C2CCCCC2)CN1C. The Labute approximate surface area is 82.5 Å². The van der Waals surface area contributed by atoms with Gasteiger partial charge in [0.2, 0.25) is 0 Å². The molecule has 2 aliphatic rings. The first-order valence-electron chi connectivity index (χ1n) is 5.97. The van der Waals surface area contributed by atoms with E-state index in [2.05, 4.69) is 18.9 Å². The smallest absolute Gasteiger partial charge is 0.00672 e. The number of nitrogens with zero attached hydrogens (tertiary/aromatic N) is 1. The van der Waals surface area contributed by atoms with E-state index >= 15 is 0 Å². The van der Waals surface area contributed by atoms with E-state index < -0.39 is 0 Å². The minimum absolute atomic E-state index is 0.840. The van der Waals surface area contributed by atoms with Gasteiger partial charge in [0.1, 0.15) is 0 Å². The molecule has 0 bridgehead atoms. The zero-order chi connectivity index (χ0) is 9.26. The maximum atomic E-state index is 2.54. The fraction of sp³-hybridized carbons (Fsp3) is 1.00. The number of likely N-dealkylation sites (tertiary alicyclic amines) is 1. The van der Waals surface area contributed by atoms with Gasteiger partial charge in [-0.2, -0.15) is 0 Å². The molecule has 2 rings (SSSR count). The highest BCUT2D eigenvalue weighted by atomic mass is 15.1. The molecule has 0 aromatic heterocycles. The van der Waals surface area contributed by atoms with Crippen molar-refractivity contribution in [1.29, 1.82) is 0 Å². The molecule has 0 radical (unpaired) electrons. The summed E-state index contributed by atoms with van der Waals surface area (Å²) < 4.78 is 0. The topological polar surface area (TPSA) is 3.24 Å². The molecule has 1 aliphatic carbocycles. The summed E-state index contributed by atoms with van der Waals surface area (Å²) in [7, 11) is 2.29. The van der Waals surface area contributed by atoms with Crippen LogP contribution in [0.1, 0.15) is 45.4 Å². The van der Waals surface area contributed by atoms with Crippen LogP contribution in [0.25, 0.3) is 0 Å². The lowest BCUT2D eigenvalue weighted by molar-refractivity contribution is 0.246. The summed E-state index contributed by atoms with van der Waals surface area (Å²) in [6.07, 6.45) is 8.99. The van der Waals surface area contributed by atoms with Gasteiger partial charge < -0.3 is 4.90 Å². The normalized spacial score (nSPS) is 38.3. The van der Waals surface area contributed by atoms with Crippen LogP contribution < -0.4 is 0 Å². The van der Waals surface area contributed by atoms with Crippen molar-refractivity contribution in [1.82, 2.24) is 4.90 Å². The van der Waals surface area contributed by atoms with Gasteiger partial charge in [0.15, 0.2) is 0 Å². The molecule has 0 aromatic carbocycles. The summed E-state index contributed by atoms with van der Waals surface area (Å²) >= 11 is 0. The lowest BCUT2D eigenvalue weighted by Gasteiger charge is -2.27. The van der Waals surface area contributed by atoms with E-state index in [1.54, 1.807) is 0 Å². The molecule has 1 heterocycles. The first-order valence-corrected chi connectivity index (χ1v) is 5.97. The van der Waals surface area contributed by atoms with E-state index in [0.29, 0.717) is 0 Å². The van der Waals surface area contributed by atoms with Crippen molar-refractivity contribution >= 4 is 0 Å². The van der Waals surface area contributed by atoms with Gasteiger partial charge in [0.05, 0.1) is 0 Å². The van der Waals surface area contributed by atoms with Gasteiger partial charge in [0.25, 0.3) is 0 Å². The molecule has 1 aliphatic heterocycles. The van der Waals surface area contributed by atoms with Crippen molar-refractivity contribution in [2.45, 2.75) is 51.5 Å². The molecule has 1 saturated heterocycles. The van der Waals surface area contributed by atoms with Crippen molar-refractivity contribution < 1.29 is 0 Å². The molecule has 0 aromatic rings. The highest BCUT2D eigenvalue weighted by molar-refractivity contribution is 4.85. The van der Waals surface area contributed by atoms with E-state index in [4.69, 9.17) is 0 Å². The Hall–Kier alpha value is -0.0400. The van der Waals surface area contributed by atoms with Crippen molar-refractivity contribution in [3.05, 3.63) is 0 Å². The number of rotatable bonds is 1. The Bertz CT molecular complexity index is 151. The molecule has 1 heteroatoms. The van der Waals surface area contributed by atoms with Gasteiger partial charge >= 0.3 is 0 Å². The van der Waals surface area contributed by atoms with Gasteiger partial charge in [-0.3, -0.25) is 0 Å². The molecule has 0 amide bonds. The Balaban J connectivity index is 1.87. The van der Waals surface area contributed by atoms with Crippen LogP contribution in [0, 0.1) is 11.8 Å². The third-order valence-electron chi connectivity index (χ3n) is 4.24. The monoisotopic (exact) mass is 181 g/mol. The summed E-state index contributed by atoms with van der Waals surface area (Å²) in [5.74, 6) is 2.10. The fourth-order valence-electron chi connectivity index (χ4n) is 3.19. The highest BCUT2D eigenvalue weighted by Gasteiger charge is 2.32. The van der Waals surface area contributed by atoms with Crippen molar-refractivity contribution in [2.75, 3.05) is 13.6 Å². The molecule has 0 spiro atoms. The molecule has 13 heavy (non-hydrogen) atoms. The highest BCUT2D eigenvalue weighted by Crippen LogP contribution is 2.36. The predicted molar refractivity (Wildman–Crippen MR) is 56.8 cm³/mol. The second kappa shape index (κ2) is 4.00. The molecule has 2 atom stereocenters. The van der Waals surface area contributed by atoms with Crippen molar-refractivity contribution in [3.8, 4) is 0 Å². The lowest BCUT2D eigenvalue weighted by Crippen LogP contribution is -2.23. The molecule has 1 nitrogen and oxygen atoms in total. The summed E-state index contributed by atoms with van der Waals surface area (Å²) in [6.45, 7) is 3.74. The minimum atomic E-state index is 0.840. The molecule has 1 saturated carbocycles. The third-order valence-corrected chi connectivity index (χ3v) is 4.24. The Kier molecular flexibility index (Phi) is 2.92. The lowest BCUT2D eigenvalue weighted by atomic mass is 9.79. The van der Waals surface area contributed by atoms with E-state index in [1.165, 1.54) is 45.1 Å². The minimum Gasteiger partial charge on any atom is -0.303 e. The van der Waals surface area contributed by atoms with Crippen LogP contribution in [0.4, 0.5) is 0 Å². The Morgan fingerprint density at radius 1 is 1.00 bits per heavy atom. The zero-order valence-corrected chi connectivity index (χ0v) is 9.13. The molecular weight excluding hydrogens is 158 g/mol. The number of hydrogen-bond donors (Lipinski definition) is 0. The third kappa shape index (κ3) is 2.07. The maximum Gasteiger partial charge on any atom is 0.00672 e. The van der Waals surface area contributed by atoms with Gasteiger partial charge in [-0.15, -0.1) is 0 Å². The summed E-state index contributed by atoms with van der Waals surface area (Å²) in [4.78, 5) is 2.54. The van der Waals surface area contributed by atoms with E-state index in [1.807, 2.05) is 0 Å². The van der Waals surface area contributed by atoms with Crippen LogP contribution in [0.15, 0.2) is 0 Å². The van der Waals surface area contributed by atoms with Crippen LogP contribution in [0.5, 0.6) is 0 Å². The summed E-state index contributed by atoms with van der Waals surface area (Å²) in [6, 6.07) is 0.840. The fourth-order valence-corrected chi connectivity index (χ4v) is 3.19. The Morgan fingerprint density at radius 2 is 1.69 bits per heavy atom. The quantitative estimate of drug-likeness (QED) is 0.601. The first kappa shape index (κ1) is 9.51. The van der Waals surface area contributed by atoms with Gasteiger partial charge in [-0.25, -0.2) is 0 Å². The van der Waals surface area contributed by atoms with Crippen LogP contribution in [-0.4, -0.2) is 24.5 Å². The van der Waals surface area contributed by atoms with E-state index in [9.17, 15) is 0 Å². The average molecular weight is 181 g/mol. The van der Waals surface area contributed by atoms with Crippen LogP contribution in [-0.2, 0) is 0 Å². The predicted octanol–water partition coefficient (Wildman–Crippen LogP) is 2.91. The number of hydrogen-bond acceptors (Lipinski definition) is 1. The van der Waals surface area contributed by atoms with Crippen molar-refractivity contribution in [3.63, 3.8) is 0 Å². The zero-order valence-electron chi connectivity index (χ0n) is 9.13. The van der Waals surface area contributed by atoms with Crippen LogP contribution in [0.2, 0.25) is 0 Å². The summed E-state index contributed by atoms with van der Waals surface area (Å²) in [5.41, 5.74) is 0. The molecular formula is C12H23N. The molecule has 2 unspecified atom stereocenters. The Morgan fingerprint density at radius 3 is 2.23 bits per heavy atom.